The number of benzene rings is 3. The van der Waals surface area contributed by atoms with E-state index in [1.165, 1.54) is 0 Å². The van der Waals surface area contributed by atoms with Gasteiger partial charge in [0.25, 0.3) is 0 Å². The Hall–Kier alpha value is -4.37. The van der Waals surface area contributed by atoms with Gasteiger partial charge in [-0.25, -0.2) is 10.9 Å². The van der Waals surface area contributed by atoms with Crippen LogP contribution in [0.4, 0.5) is 0 Å². The van der Waals surface area contributed by atoms with Crippen LogP contribution in [0.2, 0.25) is 0 Å². The molecule has 0 aromatic heterocycles. The number of ether oxygens (including phenoxy) is 1. The molecule has 0 bridgehead atoms. The number of carbonyl (C=O) groups is 3. The van der Waals surface area contributed by atoms with Crippen molar-refractivity contribution < 1.29 is 34.4 Å². The molecule has 2 amide bonds. The lowest BCUT2D eigenvalue weighted by Gasteiger charge is -2.30. The van der Waals surface area contributed by atoms with Crippen molar-refractivity contribution in [2.45, 2.75) is 195 Å². The van der Waals surface area contributed by atoms with Gasteiger partial charge in [0.2, 0.25) is 11.8 Å². The number of phenolic OH excluding ortho intramolecular Hbond substituents is 3. The largest absolute Gasteiger partial charge is 0.507 e. The molecule has 0 spiro atoms. The molecule has 0 fully saturated rings. The molecule has 3 aromatic rings. The van der Waals surface area contributed by atoms with E-state index in [2.05, 4.69) is 0 Å². The molecule has 0 radical (unpaired) electrons. The molecule has 3 aromatic carbocycles. The molecule has 5 N–H and O–H groups in total. The normalized spacial score (nSPS) is 13.6. The Bertz CT molecular complexity index is 1970. The zero-order chi connectivity index (χ0) is 46.3. The zero-order valence-corrected chi connectivity index (χ0v) is 40.1. The second-order valence-corrected chi connectivity index (χ2v) is 22.9. The van der Waals surface area contributed by atoms with Crippen LogP contribution >= 0.6 is 0 Å². The molecular formula is C51H76N2O7. The summed E-state index contributed by atoms with van der Waals surface area (Å²) in [5.41, 5.74) is 4.21. The first-order chi connectivity index (χ1) is 26.9. The van der Waals surface area contributed by atoms with Crippen molar-refractivity contribution >= 4 is 17.8 Å². The van der Waals surface area contributed by atoms with Crippen LogP contribution in [0.15, 0.2) is 36.4 Å². The molecule has 0 heterocycles. The van der Waals surface area contributed by atoms with Crippen molar-refractivity contribution in [1.82, 2.24) is 5.01 Å². The molecule has 0 saturated carbocycles. The molecule has 0 aliphatic rings. The Balaban J connectivity index is 2.01. The standard InChI is InChI=1S/C51H76N2O7/c1-46(2,3)33-23-30(24-34(43(33)57)47(4,5)6)19-21-40(54)53(52)41(55)29-39(32-27-37(50(13,14)15)45(59)38(28-32)51(16,17)18)60-42(56)22-20-31-25-35(48(7,8)9)44(58)36(26-31)49(10,11)12/h23-28,39,57-59H,19-22,29,52H2,1-18H3. The number of hydrogen-bond acceptors (Lipinski definition) is 8. The Labute approximate surface area is 361 Å². The minimum atomic E-state index is -1.12. The Kier molecular flexibility index (Phi) is 14.6. The van der Waals surface area contributed by atoms with Gasteiger partial charge in [-0.3, -0.25) is 14.4 Å². The van der Waals surface area contributed by atoms with Crippen LogP contribution in [0.3, 0.4) is 0 Å². The van der Waals surface area contributed by atoms with E-state index in [9.17, 15) is 29.7 Å². The highest BCUT2D eigenvalue weighted by Gasteiger charge is 2.33. The number of imide groups is 1. The summed E-state index contributed by atoms with van der Waals surface area (Å²) in [5.74, 6) is 5.03. The maximum Gasteiger partial charge on any atom is 0.306 e. The lowest BCUT2D eigenvalue weighted by Crippen LogP contribution is -2.43. The number of rotatable bonds is 10. The van der Waals surface area contributed by atoms with E-state index < -0.39 is 41.1 Å². The fraction of sp³-hybridized carbons (Fsp3) is 0.588. The molecule has 1 unspecified atom stereocenters. The first kappa shape index (κ1) is 50.0. The van der Waals surface area contributed by atoms with Crippen LogP contribution in [0.5, 0.6) is 17.2 Å². The maximum atomic E-state index is 14.0. The first-order valence-electron chi connectivity index (χ1n) is 21.4. The number of carbonyl (C=O) groups excluding carboxylic acids is 3. The quantitative estimate of drug-likeness (QED) is 0.0683. The minimum absolute atomic E-state index is 0.00994. The fourth-order valence-electron chi connectivity index (χ4n) is 7.41. The first-order valence-corrected chi connectivity index (χ1v) is 21.4. The average molecular weight is 829 g/mol. The highest BCUT2D eigenvalue weighted by atomic mass is 16.5. The molecule has 60 heavy (non-hydrogen) atoms. The number of hydrazine groups is 1. The fourth-order valence-corrected chi connectivity index (χ4v) is 7.41. The second kappa shape index (κ2) is 17.5. The van der Waals surface area contributed by atoms with E-state index in [1.807, 2.05) is 149 Å². The van der Waals surface area contributed by atoms with Gasteiger partial charge in [0.15, 0.2) is 0 Å². The summed E-state index contributed by atoms with van der Waals surface area (Å²) in [6, 6.07) is 11.2. The van der Waals surface area contributed by atoms with Gasteiger partial charge in [-0.1, -0.05) is 149 Å². The SMILES string of the molecule is CC(C)(C)c1cc(CCC(=O)OC(CC(=O)N(N)C(=O)CCc2cc(C(C)(C)C)c(O)c(C(C)(C)C)c2)c2cc(C(C)(C)C)c(O)c(C(C)(C)C)c2)cc(C(C)(C)C)c1O. The molecule has 0 saturated heterocycles. The number of aryl methyl sites for hydroxylation is 2. The van der Waals surface area contributed by atoms with Crippen molar-refractivity contribution in [3.05, 3.63) is 86.5 Å². The van der Waals surface area contributed by atoms with E-state index in [4.69, 9.17) is 10.6 Å². The molecule has 9 heteroatoms. The molecule has 1 atom stereocenters. The average Bonchev–Trinajstić information content (AvgIpc) is 3.06. The Morgan fingerprint density at radius 1 is 0.500 bits per heavy atom. The lowest BCUT2D eigenvalue weighted by molar-refractivity contribution is -0.153. The molecular weight excluding hydrogens is 753 g/mol. The Morgan fingerprint density at radius 3 is 1.08 bits per heavy atom. The molecule has 0 aliphatic carbocycles. The smallest absolute Gasteiger partial charge is 0.306 e. The number of phenols is 3. The zero-order valence-electron chi connectivity index (χ0n) is 40.1. The summed E-state index contributed by atoms with van der Waals surface area (Å²) in [5, 5.41) is 34.5. The summed E-state index contributed by atoms with van der Waals surface area (Å²) >= 11 is 0. The van der Waals surface area contributed by atoms with Gasteiger partial charge in [0.1, 0.15) is 23.4 Å². The van der Waals surface area contributed by atoms with E-state index in [0.29, 0.717) is 28.1 Å². The van der Waals surface area contributed by atoms with E-state index in [1.54, 1.807) is 12.1 Å². The molecule has 9 nitrogen and oxygen atoms in total. The van der Waals surface area contributed by atoms with E-state index in [0.717, 1.165) is 33.4 Å². The highest BCUT2D eigenvalue weighted by molar-refractivity contribution is 5.95. The second-order valence-electron chi connectivity index (χ2n) is 22.9. The van der Waals surface area contributed by atoms with Crippen LogP contribution < -0.4 is 5.84 Å². The summed E-state index contributed by atoms with van der Waals surface area (Å²) in [4.78, 5) is 41.4. The number of amides is 2. The van der Waals surface area contributed by atoms with Gasteiger partial charge < -0.3 is 20.1 Å². The van der Waals surface area contributed by atoms with Crippen molar-refractivity contribution in [2.24, 2.45) is 5.84 Å². The predicted octanol–water partition coefficient (Wildman–Crippen LogP) is 11.1. The minimum Gasteiger partial charge on any atom is -0.507 e. The van der Waals surface area contributed by atoms with Gasteiger partial charge in [0.05, 0.1) is 6.42 Å². The molecule has 3 rings (SSSR count). The van der Waals surface area contributed by atoms with Crippen LogP contribution in [0.1, 0.15) is 200 Å². The van der Waals surface area contributed by atoms with Crippen LogP contribution in [0.25, 0.3) is 0 Å². The van der Waals surface area contributed by atoms with Crippen molar-refractivity contribution in [3.63, 3.8) is 0 Å². The monoisotopic (exact) mass is 829 g/mol. The van der Waals surface area contributed by atoms with Gasteiger partial charge in [-0.15, -0.1) is 0 Å². The molecule has 332 valence electrons. The van der Waals surface area contributed by atoms with Crippen molar-refractivity contribution in [1.29, 1.82) is 0 Å². The Morgan fingerprint density at radius 2 is 0.783 bits per heavy atom. The van der Waals surface area contributed by atoms with Crippen molar-refractivity contribution in [2.75, 3.05) is 0 Å². The van der Waals surface area contributed by atoms with Crippen LogP contribution in [0, 0.1) is 0 Å². The number of esters is 1. The van der Waals surface area contributed by atoms with E-state index in [-0.39, 0.29) is 58.2 Å². The van der Waals surface area contributed by atoms with E-state index >= 15 is 0 Å². The van der Waals surface area contributed by atoms with Gasteiger partial charge in [-0.2, -0.15) is 0 Å². The number of nitrogens with zero attached hydrogens (tertiary/aromatic N) is 1. The van der Waals surface area contributed by atoms with Crippen molar-refractivity contribution in [3.8, 4) is 17.2 Å². The third kappa shape index (κ3) is 12.4. The number of nitrogens with two attached hydrogens (primary N) is 1. The number of aromatic hydroxyl groups is 3. The summed E-state index contributed by atoms with van der Waals surface area (Å²) in [6.45, 7) is 36.2. The summed E-state index contributed by atoms with van der Waals surface area (Å²) in [7, 11) is 0. The maximum absolute atomic E-state index is 14.0. The van der Waals surface area contributed by atoms with Crippen LogP contribution in [-0.2, 0) is 64.5 Å². The summed E-state index contributed by atoms with van der Waals surface area (Å²) in [6.07, 6.45) is -0.987. The number of hydrogen-bond donors (Lipinski definition) is 4. The highest BCUT2D eigenvalue weighted by Crippen LogP contribution is 2.44. The lowest BCUT2D eigenvalue weighted by atomic mass is 9.77. The third-order valence-electron chi connectivity index (χ3n) is 11.1. The van der Waals surface area contributed by atoms with Gasteiger partial charge in [-0.05, 0) is 108 Å². The summed E-state index contributed by atoms with van der Waals surface area (Å²) < 4.78 is 6.18. The van der Waals surface area contributed by atoms with Crippen LogP contribution in [-0.4, -0.2) is 38.1 Å². The van der Waals surface area contributed by atoms with Gasteiger partial charge in [0, 0.05) is 12.8 Å². The topological polar surface area (TPSA) is 150 Å². The van der Waals surface area contributed by atoms with Gasteiger partial charge >= 0.3 is 5.97 Å². The molecule has 0 aliphatic heterocycles. The third-order valence-corrected chi connectivity index (χ3v) is 11.1. The predicted molar refractivity (Wildman–Crippen MR) is 243 cm³/mol.